The van der Waals surface area contributed by atoms with Gasteiger partial charge in [-0.3, -0.25) is 9.97 Å². The zero-order valence-electron chi connectivity index (χ0n) is 11.3. The molecule has 0 aromatic carbocycles. The quantitative estimate of drug-likeness (QED) is 0.930. The van der Waals surface area contributed by atoms with Crippen LogP contribution in [-0.4, -0.2) is 54.3 Å². The summed E-state index contributed by atoms with van der Waals surface area (Å²) >= 11 is 3.42. The Labute approximate surface area is 126 Å². The van der Waals surface area contributed by atoms with E-state index in [1.54, 1.807) is 12.4 Å². The number of hydrogen-bond donors (Lipinski definition) is 1. The number of morpholine rings is 1. The Balaban J connectivity index is 1.74. The predicted molar refractivity (Wildman–Crippen MR) is 83.0 cm³/mol. The fourth-order valence-corrected chi connectivity index (χ4v) is 2.68. The van der Waals surface area contributed by atoms with Crippen LogP contribution in [0.4, 0.5) is 5.69 Å². The molecule has 3 rings (SSSR count). The lowest BCUT2D eigenvalue weighted by Gasteiger charge is -2.30. The number of likely N-dealkylation sites (N-methyl/N-ethyl adjacent to an activating group) is 1. The van der Waals surface area contributed by atoms with Crippen molar-refractivity contribution in [3.63, 3.8) is 0 Å². The van der Waals surface area contributed by atoms with E-state index in [0.29, 0.717) is 0 Å². The van der Waals surface area contributed by atoms with Crippen LogP contribution in [0, 0.1) is 0 Å². The van der Waals surface area contributed by atoms with E-state index in [0.717, 1.165) is 47.4 Å². The first-order valence-electron chi connectivity index (χ1n) is 6.66. The first kappa shape index (κ1) is 13.7. The van der Waals surface area contributed by atoms with Gasteiger partial charge < -0.3 is 15.0 Å². The van der Waals surface area contributed by atoms with Crippen molar-refractivity contribution in [3.05, 3.63) is 29.0 Å². The molecule has 0 saturated carbocycles. The smallest absolute Gasteiger partial charge is 0.112 e. The van der Waals surface area contributed by atoms with Gasteiger partial charge in [0.1, 0.15) is 5.52 Å². The van der Waals surface area contributed by atoms with E-state index in [9.17, 15) is 0 Å². The van der Waals surface area contributed by atoms with E-state index in [4.69, 9.17) is 4.74 Å². The van der Waals surface area contributed by atoms with Crippen molar-refractivity contribution in [2.45, 2.75) is 6.10 Å². The SMILES string of the molecule is CN1CCOC(CNc2ccnc3cc(Br)cnc23)C1. The topological polar surface area (TPSA) is 50.3 Å². The molecule has 1 atom stereocenters. The number of halogens is 1. The van der Waals surface area contributed by atoms with Crippen LogP contribution in [0.25, 0.3) is 11.0 Å². The van der Waals surface area contributed by atoms with Gasteiger partial charge in [0.05, 0.1) is 23.9 Å². The molecule has 0 radical (unpaired) electrons. The Bertz CT molecular complexity index is 607. The average molecular weight is 337 g/mol. The van der Waals surface area contributed by atoms with E-state index in [1.165, 1.54) is 0 Å². The van der Waals surface area contributed by atoms with Crippen molar-refractivity contribution in [2.24, 2.45) is 0 Å². The fourth-order valence-electron chi connectivity index (χ4n) is 2.36. The van der Waals surface area contributed by atoms with Crippen molar-refractivity contribution in [1.29, 1.82) is 0 Å². The zero-order valence-corrected chi connectivity index (χ0v) is 12.9. The molecule has 3 heterocycles. The number of fused-ring (bicyclic) bond motifs is 1. The van der Waals surface area contributed by atoms with Gasteiger partial charge >= 0.3 is 0 Å². The van der Waals surface area contributed by atoms with Gasteiger partial charge in [-0.05, 0) is 35.1 Å². The number of nitrogens with one attached hydrogen (secondary N) is 1. The number of anilines is 1. The first-order valence-corrected chi connectivity index (χ1v) is 7.46. The number of hydrogen-bond acceptors (Lipinski definition) is 5. The van der Waals surface area contributed by atoms with Crippen LogP contribution in [0.15, 0.2) is 29.0 Å². The lowest BCUT2D eigenvalue weighted by molar-refractivity contribution is -0.0117. The molecule has 0 bridgehead atoms. The maximum atomic E-state index is 5.75. The van der Waals surface area contributed by atoms with Gasteiger partial charge in [-0.15, -0.1) is 0 Å². The Morgan fingerprint density at radius 3 is 3.25 bits per heavy atom. The number of rotatable bonds is 3. The van der Waals surface area contributed by atoms with Crippen LogP contribution in [0.2, 0.25) is 0 Å². The minimum atomic E-state index is 0.215. The van der Waals surface area contributed by atoms with Gasteiger partial charge in [-0.1, -0.05) is 0 Å². The molecule has 0 amide bonds. The highest BCUT2D eigenvalue weighted by molar-refractivity contribution is 9.10. The summed E-state index contributed by atoms with van der Waals surface area (Å²) in [4.78, 5) is 11.1. The summed E-state index contributed by atoms with van der Waals surface area (Å²) in [6.07, 6.45) is 3.81. The maximum Gasteiger partial charge on any atom is 0.112 e. The summed E-state index contributed by atoms with van der Waals surface area (Å²) in [5, 5.41) is 3.43. The lowest BCUT2D eigenvalue weighted by atomic mass is 10.2. The highest BCUT2D eigenvalue weighted by atomic mass is 79.9. The molecule has 1 N–H and O–H groups in total. The lowest BCUT2D eigenvalue weighted by Crippen LogP contribution is -2.43. The molecule has 1 aliphatic heterocycles. The van der Waals surface area contributed by atoms with Crippen LogP contribution in [0.1, 0.15) is 0 Å². The molecule has 6 heteroatoms. The molecular formula is C14H17BrN4O. The summed E-state index contributed by atoms with van der Waals surface area (Å²) in [6, 6.07) is 3.92. The second kappa shape index (κ2) is 6.03. The normalized spacial score (nSPS) is 20.2. The molecular weight excluding hydrogens is 320 g/mol. The van der Waals surface area contributed by atoms with Crippen molar-refractivity contribution in [1.82, 2.24) is 14.9 Å². The fraction of sp³-hybridized carbons (Fsp3) is 0.429. The third kappa shape index (κ3) is 3.08. The Morgan fingerprint density at radius 2 is 2.40 bits per heavy atom. The summed E-state index contributed by atoms with van der Waals surface area (Å²) < 4.78 is 6.69. The van der Waals surface area contributed by atoms with Gasteiger partial charge in [0.2, 0.25) is 0 Å². The van der Waals surface area contributed by atoms with Gasteiger partial charge in [-0.25, -0.2) is 0 Å². The van der Waals surface area contributed by atoms with Gasteiger partial charge in [0.25, 0.3) is 0 Å². The molecule has 1 unspecified atom stereocenters. The molecule has 1 fully saturated rings. The molecule has 106 valence electrons. The highest BCUT2D eigenvalue weighted by Gasteiger charge is 2.17. The Hall–Kier alpha value is -1.24. The van der Waals surface area contributed by atoms with Crippen molar-refractivity contribution in [3.8, 4) is 0 Å². The number of nitrogens with zero attached hydrogens (tertiary/aromatic N) is 3. The molecule has 20 heavy (non-hydrogen) atoms. The van der Waals surface area contributed by atoms with Gasteiger partial charge in [0, 0.05) is 36.5 Å². The van der Waals surface area contributed by atoms with Crippen LogP contribution >= 0.6 is 15.9 Å². The summed E-state index contributed by atoms with van der Waals surface area (Å²) in [6.45, 7) is 3.53. The number of pyridine rings is 2. The summed E-state index contributed by atoms with van der Waals surface area (Å²) in [5.74, 6) is 0. The van der Waals surface area contributed by atoms with Crippen LogP contribution in [0.3, 0.4) is 0 Å². The van der Waals surface area contributed by atoms with Crippen molar-refractivity contribution < 1.29 is 4.74 Å². The van der Waals surface area contributed by atoms with E-state index in [-0.39, 0.29) is 6.10 Å². The largest absolute Gasteiger partial charge is 0.381 e. The third-order valence-electron chi connectivity index (χ3n) is 3.41. The second-order valence-electron chi connectivity index (χ2n) is 5.02. The average Bonchev–Trinajstić information content (AvgIpc) is 2.44. The van der Waals surface area contributed by atoms with E-state index >= 15 is 0 Å². The van der Waals surface area contributed by atoms with E-state index < -0.39 is 0 Å². The highest BCUT2D eigenvalue weighted by Crippen LogP contribution is 2.22. The van der Waals surface area contributed by atoms with Gasteiger partial charge in [0.15, 0.2) is 0 Å². The zero-order chi connectivity index (χ0) is 13.9. The number of ether oxygens (including phenoxy) is 1. The molecule has 0 spiro atoms. The molecule has 1 saturated heterocycles. The molecule has 2 aromatic heterocycles. The minimum absolute atomic E-state index is 0.215. The molecule has 0 aliphatic carbocycles. The predicted octanol–water partition coefficient (Wildman–Crippen LogP) is 2.13. The van der Waals surface area contributed by atoms with E-state index in [2.05, 4.69) is 43.2 Å². The maximum absolute atomic E-state index is 5.75. The van der Waals surface area contributed by atoms with Crippen LogP contribution in [-0.2, 0) is 4.74 Å². The monoisotopic (exact) mass is 336 g/mol. The Morgan fingerprint density at radius 1 is 1.50 bits per heavy atom. The van der Waals surface area contributed by atoms with Gasteiger partial charge in [-0.2, -0.15) is 0 Å². The standard InChI is InChI=1S/C14H17BrN4O/c1-19-4-5-20-11(9-19)8-17-12-2-3-16-13-6-10(15)7-18-14(12)13/h2-3,6-7,11H,4-5,8-9H2,1H3,(H,16,17). The summed E-state index contributed by atoms with van der Waals surface area (Å²) in [5.41, 5.74) is 2.77. The first-order chi connectivity index (χ1) is 9.72. The minimum Gasteiger partial charge on any atom is -0.381 e. The molecule has 2 aromatic rings. The van der Waals surface area contributed by atoms with Crippen molar-refractivity contribution >= 4 is 32.7 Å². The molecule has 5 nitrogen and oxygen atoms in total. The van der Waals surface area contributed by atoms with Crippen molar-refractivity contribution in [2.75, 3.05) is 38.6 Å². The Kier molecular flexibility index (Phi) is 4.14. The second-order valence-corrected chi connectivity index (χ2v) is 5.93. The third-order valence-corrected chi connectivity index (χ3v) is 3.84. The summed E-state index contributed by atoms with van der Waals surface area (Å²) in [7, 11) is 2.12. The van der Waals surface area contributed by atoms with Crippen LogP contribution in [0.5, 0.6) is 0 Å². The molecule has 1 aliphatic rings. The number of aromatic nitrogens is 2. The van der Waals surface area contributed by atoms with Crippen LogP contribution < -0.4 is 5.32 Å². The van der Waals surface area contributed by atoms with E-state index in [1.807, 2.05) is 12.1 Å².